The number of ether oxygens (including phenoxy) is 1. The van der Waals surface area contributed by atoms with Crippen LogP contribution in [0.5, 0.6) is 5.75 Å². The number of β-amino-alcohol motifs (C(OH)–C–C–N with tert-alkyl or cyclic N) is 1. The lowest BCUT2D eigenvalue weighted by Gasteiger charge is -2.37. The van der Waals surface area contributed by atoms with Crippen LogP contribution < -0.4 is 10.5 Å². The molecule has 0 aliphatic carbocycles. The van der Waals surface area contributed by atoms with Gasteiger partial charge in [-0.25, -0.2) is 9.97 Å². The first-order valence-corrected chi connectivity index (χ1v) is 10.9. The summed E-state index contributed by atoms with van der Waals surface area (Å²) < 4.78 is 5.88. The molecule has 1 atom stereocenters. The van der Waals surface area contributed by atoms with E-state index in [0.29, 0.717) is 12.6 Å². The van der Waals surface area contributed by atoms with Gasteiger partial charge in [0.15, 0.2) is 0 Å². The van der Waals surface area contributed by atoms with Gasteiger partial charge in [-0.05, 0) is 48.4 Å². The van der Waals surface area contributed by atoms with Crippen LogP contribution >= 0.6 is 0 Å². The normalized spacial score (nSPS) is 16.6. The number of aliphatic hydroxyl groups excluding tert-OH is 1. The Morgan fingerprint density at radius 2 is 1.65 bits per heavy atom. The molecule has 164 valence electrons. The van der Waals surface area contributed by atoms with Crippen LogP contribution in [0.3, 0.4) is 0 Å². The molecule has 0 radical (unpaired) electrons. The largest absolute Gasteiger partial charge is 0.491 e. The smallest absolute Gasteiger partial charge is 0.219 e. The lowest BCUT2D eigenvalue weighted by atomic mass is 10.0. The first kappa shape index (κ1) is 21.5. The molecule has 3 aromatic rings. The molecule has 0 saturated carbocycles. The van der Waals surface area contributed by atoms with E-state index in [4.69, 9.17) is 10.5 Å². The number of hydrogen-bond donors (Lipinski definition) is 2. The lowest BCUT2D eigenvalue weighted by Crippen LogP contribution is -2.51. The van der Waals surface area contributed by atoms with E-state index in [1.807, 2.05) is 24.3 Å². The molecule has 1 fully saturated rings. The molecule has 1 aliphatic rings. The van der Waals surface area contributed by atoms with Crippen molar-refractivity contribution in [1.29, 1.82) is 0 Å². The molecule has 0 amide bonds. The van der Waals surface area contributed by atoms with Gasteiger partial charge < -0.3 is 15.6 Å². The molecule has 4 rings (SSSR count). The average Bonchev–Trinajstić information content (AvgIpc) is 2.78. The van der Waals surface area contributed by atoms with Crippen LogP contribution in [0.4, 0.5) is 5.95 Å². The first-order valence-electron chi connectivity index (χ1n) is 10.9. The highest BCUT2D eigenvalue weighted by Crippen LogP contribution is 2.26. The Morgan fingerprint density at radius 3 is 2.35 bits per heavy atom. The van der Waals surface area contributed by atoms with Gasteiger partial charge in [0, 0.05) is 56.7 Å². The minimum Gasteiger partial charge on any atom is -0.491 e. The van der Waals surface area contributed by atoms with Crippen molar-refractivity contribution in [2.75, 3.05) is 45.1 Å². The van der Waals surface area contributed by atoms with Crippen LogP contribution in [0.25, 0.3) is 21.9 Å². The molecule has 2 aromatic carbocycles. The molecule has 1 aliphatic heterocycles. The molecule has 2 heterocycles. The Bertz CT molecular complexity index is 1000. The second kappa shape index (κ2) is 9.60. The number of nitrogens with two attached hydrogens (primary N) is 1. The molecule has 31 heavy (non-hydrogen) atoms. The third-order valence-corrected chi connectivity index (χ3v) is 5.87. The summed E-state index contributed by atoms with van der Waals surface area (Å²) in [6, 6.07) is 12.8. The second-order valence-corrected chi connectivity index (χ2v) is 8.45. The van der Waals surface area contributed by atoms with E-state index in [1.54, 1.807) is 12.4 Å². The molecule has 1 saturated heterocycles. The van der Waals surface area contributed by atoms with Crippen LogP contribution in [0.15, 0.2) is 48.8 Å². The van der Waals surface area contributed by atoms with Gasteiger partial charge in [0.2, 0.25) is 5.95 Å². The Kier molecular flexibility index (Phi) is 6.65. The highest BCUT2D eigenvalue weighted by molar-refractivity contribution is 5.88. The Hall–Kier alpha value is -2.74. The average molecular weight is 422 g/mol. The molecule has 7 nitrogen and oxygen atoms in total. The van der Waals surface area contributed by atoms with Crippen LogP contribution in [-0.2, 0) is 0 Å². The van der Waals surface area contributed by atoms with Crippen LogP contribution in [0.2, 0.25) is 0 Å². The maximum Gasteiger partial charge on any atom is 0.219 e. The zero-order valence-electron chi connectivity index (χ0n) is 18.2. The standard InChI is InChI=1S/C24H31N5O2/c1-17(2)29-9-7-28(8-10-29)15-22(30)16-31-23-6-5-18-11-19(3-4-20(18)12-23)21-13-26-24(25)27-14-21/h3-6,11-14,17,22,30H,7-10,15-16H2,1-2H3,(H2,25,26,27). The number of benzene rings is 2. The van der Waals surface area contributed by atoms with E-state index < -0.39 is 6.10 Å². The van der Waals surface area contributed by atoms with Gasteiger partial charge in [-0.2, -0.15) is 0 Å². The predicted molar refractivity (Wildman–Crippen MR) is 124 cm³/mol. The molecule has 7 heteroatoms. The molecule has 1 unspecified atom stereocenters. The number of rotatable bonds is 7. The molecular weight excluding hydrogens is 390 g/mol. The number of piperazine rings is 1. The van der Waals surface area contributed by atoms with Crippen LogP contribution in [0, 0.1) is 0 Å². The van der Waals surface area contributed by atoms with Crippen LogP contribution in [0.1, 0.15) is 13.8 Å². The third-order valence-electron chi connectivity index (χ3n) is 5.87. The van der Waals surface area contributed by atoms with Crippen molar-refractivity contribution >= 4 is 16.7 Å². The zero-order chi connectivity index (χ0) is 21.8. The van der Waals surface area contributed by atoms with Crippen LogP contribution in [-0.4, -0.2) is 76.4 Å². The second-order valence-electron chi connectivity index (χ2n) is 8.45. The fourth-order valence-electron chi connectivity index (χ4n) is 3.99. The maximum absolute atomic E-state index is 10.4. The predicted octanol–water partition coefficient (Wildman–Crippen LogP) is 2.64. The van der Waals surface area contributed by atoms with Crippen molar-refractivity contribution in [3.05, 3.63) is 48.8 Å². The fraction of sp³-hybridized carbons (Fsp3) is 0.417. The number of fused-ring (bicyclic) bond motifs is 1. The van der Waals surface area contributed by atoms with E-state index in [-0.39, 0.29) is 12.6 Å². The number of nitrogens with zero attached hydrogens (tertiary/aromatic N) is 4. The lowest BCUT2D eigenvalue weighted by molar-refractivity contribution is 0.0400. The summed E-state index contributed by atoms with van der Waals surface area (Å²) >= 11 is 0. The zero-order valence-corrected chi connectivity index (χ0v) is 18.2. The topological polar surface area (TPSA) is 87.7 Å². The number of aliphatic hydroxyl groups is 1. The summed E-state index contributed by atoms with van der Waals surface area (Å²) in [5.74, 6) is 1.03. The van der Waals surface area contributed by atoms with Crippen molar-refractivity contribution in [2.45, 2.75) is 26.0 Å². The number of hydrogen-bond acceptors (Lipinski definition) is 7. The summed E-state index contributed by atoms with van der Waals surface area (Å²) in [5, 5.41) is 12.6. The highest BCUT2D eigenvalue weighted by atomic mass is 16.5. The monoisotopic (exact) mass is 421 g/mol. The van der Waals surface area contributed by atoms with E-state index >= 15 is 0 Å². The first-order chi connectivity index (χ1) is 15.0. The van der Waals surface area contributed by atoms with E-state index in [2.05, 4.69) is 45.7 Å². The third kappa shape index (κ3) is 5.50. The summed E-state index contributed by atoms with van der Waals surface area (Å²) in [4.78, 5) is 12.9. The van der Waals surface area contributed by atoms with Crippen molar-refractivity contribution in [3.63, 3.8) is 0 Å². The Labute approximate surface area is 183 Å². The van der Waals surface area contributed by atoms with E-state index in [1.165, 1.54) is 0 Å². The van der Waals surface area contributed by atoms with Crippen molar-refractivity contribution in [3.8, 4) is 16.9 Å². The SMILES string of the molecule is CC(C)N1CCN(CC(O)COc2ccc3cc(-c4cnc(N)nc4)ccc3c2)CC1. The molecule has 1 aromatic heterocycles. The maximum atomic E-state index is 10.4. The summed E-state index contributed by atoms with van der Waals surface area (Å²) in [6.07, 6.45) is 2.95. The van der Waals surface area contributed by atoms with E-state index in [0.717, 1.165) is 53.8 Å². The molecule has 0 spiro atoms. The van der Waals surface area contributed by atoms with Gasteiger partial charge in [-0.3, -0.25) is 9.80 Å². The van der Waals surface area contributed by atoms with Crippen molar-refractivity contribution < 1.29 is 9.84 Å². The molecule has 3 N–H and O–H groups in total. The minimum atomic E-state index is -0.505. The summed E-state index contributed by atoms with van der Waals surface area (Å²) in [7, 11) is 0. The molecule has 0 bridgehead atoms. The Balaban J connectivity index is 1.32. The quantitative estimate of drug-likeness (QED) is 0.606. The highest BCUT2D eigenvalue weighted by Gasteiger charge is 2.20. The summed E-state index contributed by atoms with van der Waals surface area (Å²) in [6.45, 7) is 9.49. The van der Waals surface area contributed by atoms with Gasteiger partial charge in [0.25, 0.3) is 0 Å². The number of anilines is 1. The van der Waals surface area contributed by atoms with Crippen molar-refractivity contribution in [2.24, 2.45) is 0 Å². The Morgan fingerprint density at radius 1 is 0.968 bits per heavy atom. The van der Waals surface area contributed by atoms with Gasteiger partial charge in [-0.15, -0.1) is 0 Å². The number of nitrogen functional groups attached to an aromatic ring is 1. The van der Waals surface area contributed by atoms with Gasteiger partial charge >= 0.3 is 0 Å². The summed E-state index contributed by atoms with van der Waals surface area (Å²) in [5.41, 5.74) is 7.53. The van der Waals surface area contributed by atoms with Gasteiger partial charge in [0.05, 0.1) is 0 Å². The molecular formula is C24H31N5O2. The van der Waals surface area contributed by atoms with Gasteiger partial charge in [-0.1, -0.05) is 18.2 Å². The van der Waals surface area contributed by atoms with E-state index in [9.17, 15) is 5.11 Å². The van der Waals surface area contributed by atoms with Crippen molar-refractivity contribution in [1.82, 2.24) is 19.8 Å². The minimum absolute atomic E-state index is 0.270. The fourth-order valence-corrected chi connectivity index (χ4v) is 3.99. The number of aromatic nitrogens is 2. The van der Waals surface area contributed by atoms with Gasteiger partial charge in [0.1, 0.15) is 18.5 Å².